The molecule has 1 aliphatic rings. The molecule has 1 fully saturated rings. The Morgan fingerprint density at radius 1 is 1.07 bits per heavy atom. The summed E-state index contributed by atoms with van der Waals surface area (Å²) in [4.78, 5) is 20.0. The Labute approximate surface area is 163 Å². The molecule has 0 spiro atoms. The Balaban J connectivity index is 1.42. The summed E-state index contributed by atoms with van der Waals surface area (Å²) in [6, 6.07) is 16.4. The maximum absolute atomic E-state index is 12.3. The van der Waals surface area contributed by atoms with Crippen molar-refractivity contribution in [3.8, 4) is 11.3 Å². The van der Waals surface area contributed by atoms with Crippen molar-refractivity contribution in [2.45, 2.75) is 0 Å². The zero-order valence-electron chi connectivity index (χ0n) is 15.5. The highest BCUT2D eigenvalue weighted by Crippen LogP contribution is 2.22. The SMILES string of the molecule is O=c1cc(-c2cccc(/C=N/OCCN3CCOCC3)c2)oc2ccccc12. The molecule has 28 heavy (non-hydrogen) atoms. The summed E-state index contributed by atoms with van der Waals surface area (Å²) in [6.07, 6.45) is 1.67. The number of rotatable bonds is 6. The molecule has 3 aromatic rings. The monoisotopic (exact) mass is 378 g/mol. The molecule has 0 radical (unpaired) electrons. The third-order valence-corrected chi connectivity index (χ3v) is 4.68. The molecule has 1 aromatic heterocycles. The highest BCUT2D eigenvalue weighted by Gasteiger charge is 2.09. The van der Waals surface area contributed by atoms with Crippen LogP contribution in [0.2, 0.25) is 0 Å². The van der Waals surface area contributed by atoms with Crippen molar-refractivity contribution in [2.75, 3.05) is 39.5 Å². The number of fused-ring (bicyclic) bond motifs is 1. The molecule has 2 heterocycles. The first kappa shape index (κ1) is 18.4. The third kappa shape index (κ3) is 4.47. The van der Waals surface area contributed by atoms with E-state index in [0.717, 1.165) is 44.0 Å². The van der Waals surface area contributed by atoms with Gasteiger partial charge in [0.25, 0.3) is 0 Å². The second kappa shape index (κ2) is 8.82. The molecule has 1 aliphatic heterocycles. The predicted octanol–water partition coefficient (Wildman–Crippen LogP) is 3.14. The Kier molecular flexibility index (Phi) is 5.80. The molecular formula is C22H22N2O4. The first-order valence-corrected chi connectivity index (χ1v) is 9.38. The Bertz CT molecular complexity index is 1020. The lowest BCUT2D eigenvalue weighted by atomic mass is 10.1. The average Bonchev–Trinajstić information content (AvgIpc) is 2.74. The van der Waals surface area contributed by atoms with E-state index in [4.69, 9.17) is 14.0 Å². The van der Waals surface area contributed by atoms with Crippen LogP contribution in [0, 0.1) is 0 Å². The van der Waals surface area contributed by atoms with Gasteiger partial charge >= 0.3 is 0 Å². The van der Waals surface area contributed by atoms with Crippen molar-refractivity contribution in [1.82, 2.24) is 4.90 Å². The highest BCUT2D eigenvalue weighted by atomic mass is 16.6. The minimum Gasteiger partial charge on any atom is -0.456 e. The van der Waals surface area contributed by atoms with Gasteiger partial charge in [-0.2, -0.15) is 0 Å². The quantitative estimate of drug-likeness (QED) is 0.375. The van der Waals surface area contributed by atoms with Crippen molar-refractivity contribution in [2.24, 2.45) is 5.16 Å². The second-order valence-electron chi connectivity index (χ2n) is 6.62. The maximum atomic E-state index is 12.3. The molecule has 144 valence electrons. The standard InChI is InChI=1S/C22H22N2O4/c25-20-15-22(28-21-7-2-1-6-19(20)21)18-5-3-4-17(14-18)16-23-27-13-10-24-8-11-26-12-9-24/h1-7,14-16H,8-13H2/b23-16+. The van der Waals surface area contributed by atoms with Crippen LogP contribution in [0.15, 0.2) is 69.0 Å². The summed E-state index contributed by atoms with van der Waals surface area (Å²) in [6.45, 7) is 4.80. The molecule has 0 aliphatic carbocycles. The van der Waals surface area contributed by atoms with E-state index in [0.29, 0.717) is 23.3 Å². The number of para-hydroxylation sites is 1. The normalized spacial score (nSPS) is 15.3. The molecule has 0 N–H and O–H groups in total. The molecule has 2 aromatic carbocycles. The highest BCUT2D eigenvalue weighted by molar-refractivity contribution is 5.83. The van der Waals surface area contributed by atoms with Crippen LogP contribution in [-0.4, -0.2) is 50.6 Å². The summed E-state index contributed by atoms with van der Waals surface area (Å²) in [5, 5.41) is 4.63. The van der Waals surface area contributed by atoms with Crippen LogP contribution in [0.1, 0.15) is 5.56 Å². The van der Waals surface area contributed by atoms with E-state index in [-0.39, 0.29) is 5.43 Å². The van der Waals surface area contributed by atoms with Crippen LogP contribution in [0.25, 0.3) is 22.3 Å². The van der Waals surface area contributed by atoms with Crippen LogP contribution < -0.4 is 5.43 Å². The lowest BCUT2D eigenvalue weighted by Gasteiger charge is -2.25. The predicted molar refractivity (Wildman–Crippen MR) is 109 cm³/mol. The van der Waals surface area contributed by atoms with Gasteiger partial charge in [-0.05, 0) is 23.8 Å². The minimum atomic E-state index is -0.0534. The number of hydrogen-bond donors (Lipinski definition) is 0. The average molecular weight is 378 g/mol. The first-order valence-electron chi connectivity index (χ1n) is 9.38. The summed E-state index contributed by atoms with van der Waals surface area (Å²) >= 11 is 0. The van der Waals surface area contributed by atoms with Crippen molar-refractivity contribution >= 4 is 17.2 Å². The van der Waals surface area contributed by atoms with Crippen LogP contribution in [0.3, 0.4) is 0 Å². The molecule has 4 rings (SSSR count). The molecule has 0 saturated carbocycles. The number of oxime groups is 1. The first-order chi connectivity index (χ1) is 13.8. The summed E-state index contributed by atoms with van der Waals surface area (Å²) < 4.78 is 11.2. The van der Waals surface area contributed by atoms with Crippen LogP contribution in [0.4, 0.5) is 0 Å². The van der Waals surface area contributed by atoms with Crippen LogP contribution in [-0.2, 0) is 9.57 Å². The topological polar surface area (TPSA) is 64.3 Å². The van der Waals surface area contributed by atoms with Crippen molar-refractivity contribution in [3.63, 3.8) is 0 Å². The maximum Gasteiger partial charge on any atom is 0.193 e. The lowest BCUT2D eigenvalue weighted by Crippen LogP contribution is -2.38. The molecule has 0 amide bonds. The van der Waals surface area contributed by atoms with E-state index < -0.39 is 0 Å². The van der Waals surface area contributed by atoms with Gasteiger partial charge in [0.15, 0.2) is 5.43 Å². The van der Waals surface area contributed by atoms with Gasteiger partial charge in [0.2, 0.25) is 0 Å². The van der Waals surface area contributed by atoms with Gasteiger partial charge in [-0.3, -0.25) is 9.69 Å². The van der Waals surface area contributed by atoms with Gasteiger partial charge in [0.05, 0.1) is 24.8 Å². The number of morpholine rings is 1. The minimum absolute atomic E-state index is 0.0534. The number of benzene rings is 2. The van der Waals surface area contributed by atoms with Crippen molar-refractivity contribution in [1.29, 1.82) is 0 Å². The lowest BCUT2D eigenvalue weighted by molar-refractivity contribution is 0.0214. The number of hydrogen-bond acceptors (Lipinski definition) is 6. The summed E-state index contributed by atoms with van der Waals surface area (Å²) in [7, 11) is 0. The fourth-order valence-corrected chi connectivity index (χ4v) is 3.16. The molecule has 0 bridgehead atoms. The largest absolute Gasteiger partial charge is 0.456 e. The van der Waals surface area contributed by atoms with Gasteiger partial charge in [-0.25, -0.2) is 0 Å². The Morgan fingerprint density at radius 3 is 2.82 bits per heavy atom. The Hall–Kier alpha value is -2.96. The van der Waals surface area contributed by atoms with Gasteiger partial charge < -0.3 is 14.0 Å². The van der Waals surface area contributed by atoms with E-state index in [9.17, 15) is 4.79 Å². The smallest absolute Gasteiger partial charge is 0.193 e. The van der Waals surface area contributed by atoms with Crippen molar-refractivity contribution < 1.29 is 14.0 Å². The third-order valence-electron chi connectivity index (χ3n) is 4.68. The van der Waals surface area contributed by atoms with Crippen molar-refractivity contribution in [3.05, 3.63) is 70.4 Å². The fourth-order valence-electron chi connectivity index (χ4n) is 3.16. The second-order valence-corrected chi connectivity index (χ2v) is 6.62. The number of ether oxygens (including phenoxy) is 1. The van der Waals surface area contributed by atoms with Gasteiger partial charge in [0.1, 0.15) is 18.0 Å². The molecular weight excluding hydrogens is 356 g/mol. The van der Waals surface area contributed by atoms with Crippen LogP contribution >= 0.6 is 0 Å². The zero-order valence-corrected chi connectivity index (χ0v) is 15.5. The number of nitrogens with zero attached hydrogens (tertiary/aromatic N) is 2. The molecule has 6 nitrogen and oxygen atoms in total. The van der Waals surface area contributed by atoms with Gasteiger partial charge in [-0.1, -0.05) is 35.5 Å². The van der Waals surface area contributed by atoms with Crippen LogP contribution in [0.5, 0.6) is 0 Å². The van der Waals surface area contributed by atoms with E-state index in [1.165, 1.54) is 6.07 Å². The molecule has 0 atom stereocenters. The molecule has 1 saturated heterocycles. The van der Waals surface area contributed by atoms with E-state index in [2.05, 4.69) is 10.1 Å². The molecule has 6 heteroatoms. The van der Waals surface area contributed by atoms with E-state index in [1.54, 1.807) is 18.3 Å². The fraction of sp³-hybridized carbons (Fsp3) is 0.273. The van der Waals surface area contributed by atoms with Gasteiger partial charge in [-0.15, -0.1) is 0 Å². The van der Waals surface area contributed by atoms with E-state index >= 15 is 0 Å². The van der Waals surface area contributed by atoms with Gasteiger partial charge in [0, 0.05) is 31.3 Å². The summed E-state index contributed by atoms with van der Waals surface area (Å²) in [5.74, 6) is 0.534. The molecule has 0 unspecified atom stereocenters. The zero-order chi connectivity index (χ0) is 19.2. The summed E-state index contributed by atoms with van der Waals surface area (Å²) in [5.41, 5.74) is 2.22. The Morgan fingerprint density at radius 2 is 1.93 bits per heavy atom. The van der Waals surface area contributed by atoms with E-state index in [1.807, 2.05) is 36.4 Å².